The second-order valence-corrected chi connectivity index (χ2v) is 7.51. The number of aryl methyl sites for hydroxylation is 1. The van der Waals surface area contributed by atoms with Gasteiger partial charge in [-0.2, -0.15) is 0 Å². The van der Waals surface area contributed by atoms with Crippen LogP contribution >= 0.6 is 38.9 Å². The van der Waals surface area contributed by atoms with E-state index in [0.717, 1.165) is 34.8 Å². The molecule has 0 spiro atoms. The molecular formula is C15H16BrClN4OS. The molecule has 0 bridgehead atoms. The minimum absolute atomic E-state index is 0.0685. The first-order valence-electron chi connectivity index (χ1n) is 7.32. The molecule has 2 aromatic heterocycles. The van der Waals surface area contributed by atoms with Crippen LogP contribution in [0.3, 0.4) is 0 Å². The Bertz CT molecular complexity index is 723. The Hall–Kier alpha value is -1.18. The van der Waals surface area contributed by atoms with E-state index < -0.39 is 0 Å². The molecular weight excluding hydrogens is 400 g/mol. The molecule has 1 amide bonds. The Morgan fingerprint density at radius 2 is 2.17 bits per heavy atom. The summed E-state index contributed by atoms with van der Waals surface area (Å²) in [6.45, 7) is 5.04. The fraction of sp³-hybridized carbons (Fsp3) is 0.400. The highest BCUT2D eigenvalue weighted by atomic mass is 79.9. The number of pyridine rings is 1. The first-order valence-corrected chi connectivity index (χ1v) is 9.37. The van der Waals surface area contributed by atoms with Gasteiger partial charge in [-0.05, 0) is 35.3 Å². The predicted octanol–water partition coefficient (Wildman–Crippen LogP) is 3.61. The molecule has 1 fully saturated rings. The Morgan fingerprint density at radius 1 is 1.35 bits per heavy atom. The van der Waals surface area contributed by atoms with E-state index in [9.17, 15) is 4.79 Å². The number of hydrogen-bond donors (Lipinski definition) is 0. The van der Waals surface area contributed by atoms with Gasteiger partial charge in [0.2, 0.25) is 0 Å². The standard InChI is InChI=1S/C15H16BrClN4OS/c1-10-9-23-15(19-10)21-4-2-3-20(5-6-21)14(22)12-7-11(16)8-18-13(12)17/h7-9H,2-6H2,1H3. The zero-order chi connectivity index (χ0) is 16.4. The molecule has 0 atom stereocenters. The second-order valence-electron chi connectivity index (χ2n) is 5.40. The summed E-state index contributed by atoms with van der Waals surface area (Å²) in [5.74, 6) is -0.0685. The van der Waals surface area contributed by atoms with E-state index in [4.69, 9.17) is 11.6 Å². The van der Waals surface area contributed by atoms with Crippen LogP contribution in [0.5, 0.6) is 0 Å². The van der Waals surface area contributed by atoms with Gasteiger partial charge < -0.3 is 9.80 Å². The molecule has 0 saturated carbocycles. The summed E-state index contributed by atoms with van der Waals surface area (Å²) in [7, 11) is 0. The lowest BCUT2D eigenvalue weighted by atomic mass is 10.2. The maximum absolute atomic E-state index is 12.7. The van der Waals surface area contributed by atoms with Crippen molar-refractivity contribution >= 4 is 49.9 Å². The third-order valence-corrected chi connectivity index (χ3v) is 5.45. The van der Waals surface area contributed by atoms with E-state index in [-0.39, 0.29) is 11.1 Å². The Labute approximate surface area is 152 Å². The Kier molecular flexibility index (Phi) is 5.18. The van der Waals surface area contributed by atoms with Crippen LogP contribution in [-0.4, -0.2) is 47.0 Å². The second kappa shape index (κ2) is 7.15. The molecule has 2 aromatic rings. The van der Waals surface area contributed by atoms with E-state index in [0.29, 0.717) is 18.7 Å². The quantitative estimate of drug-likeness (QED) is 0.703. The molecule has 23 heavy (non-hydrogen) atoms. The van der Waals surface area contributed by atoms with Crippen LogP contribution in [0.4, 0.5) is 5.13 Å². The molecule has 0 N–H and O–H groups in total. The first kappa shape index (κ1) is 16.7. The topological polar surface area (TPSA) is 49.3 Å². The van der Waals surface area contributed by atoms with Crippen LogP contribution in [0.1, 0.15) is 22.5 Å². The van der Waals surface area contributed by atoms with Gasteiger partial charge in [0.05, 0.1) is 11.3 Å². The number of carbonyl (C=O) groups is 1. The first-order chi connectivity index (χ1) is 11.0. The molecule has 8 heteroatoms. The lowest BCUT2D eigenvalue weighted by Crippen LogP contribution is -2.35. The van der Waals surface area contributed by atoms with Crippen LogP contribution in [-0.2, 0) is 0 Å². The summed E-state index contributed by atoms with van der Waals surface area (Å²) >= 11 is 11.1. The molecule has 0 aromatic carbocycles. The molecule has 0 unspecified atom stereocenters. The predicted molar refractivity (Wildman–Crippen MR) is 96.5 cm³/mol. The Morgan fingerprint density at radius 3 is 2.91 bits per heavy atom. The van der Waals surface area contributed by atoms with Crippen molar-refractivity contribution in [2.75, 3.05) is 31.1 Å². The third-order valence-electron chi connectivity index (χ3n) is 3.70. The number of amides is 1. The van der Waals surface area contributed by atoms with Crippen molar-refractivity contribution in [3.63, 3.8) is 0 Å². The number of carbonyl (C=O) groups excluding carboxylic acids is 1. The molecule has 0 aliphatic carbocycles. The Balaban J connectivity index is 1.72. The van der Waals surface area contributed by atoms with Gasteiger partial charge in [0.15, 0.2) is 5.13 Å². The molecule has 1 saturated heterocycles. The van der Waals surface area contributed by atoms with Crippen molar-refractivity contribution < 1.29 is 4.79 Å². The lowest BCUT2D eigenvalue weighted by Gasteiger charge is -2.22. The lowest BCUT2D eigenvalue weighted by molar-refractivity contribution is 0.0766. The highest BCUT2D eigenvalue weighted by molar-refractivity contribution is 9.10. The molecule has 1 aliphatic rings. The van der Waals surface area contributed by atoms with Gasteiger partial charge in [-0.25, -0.2) is 9.97 Å². The van der Waals surface area contributed by atoms with Crippen LogP contribution < -0.4 is 4.90 Å². The van der Waals surface area contributed by atoms with Gasteiger partial charge in [0.1, 0.15) is 5.15 Å². The molecule has 1 aliphatic heterocycles. The van der Waals surface area contributed by atoms with Crippen LogP contribution in [0.15, 0.2) is 22.1 Å². The number of thiazole rings is 1. The zero-order valence-corrected chi connectivity index (χ0v) is 15.8. The average Bonchev–Trinajstić information content (AvgIpc) is 2.82. The van der Waals surface area contributed by atoms with Crippen molar-refractivity contribution in [1.82, 2.24) is 14.9 Å². The normalized spacial score (nSPS) is 15.6. The monoisotopic (exact) mass is 414 g/mol. The van der Waals surface area contributed by atoms with Gasteiger partial charge in [0.25, 0.3) is 5.91 Å². The smallest absolute Gasteiger partial charge is 0.257 e. The third kappa shape index (κ3) is 3.84. The number of nitrogens with zero attached hydrogens (tertiary/aromatic N) is 4. The van der Waals surface area contributed by atoms with Gasteiger partial charge in [-0.15, -0.1) is 11.3 Å². The van der Waals surface area contributed by atoms with Crippen molar-refractivity contribution in [1.29, 1.82) is 0 Å². The van der Waals surface area contributed by atoms with Gasteiger partial charge in [0, 0.05) is 42.2 Å². The molecule has 0 radical (unpaired) electrons. The number of aromatic nitrogens is 2. The summed E-state index contributed by atoms with van der Waals surface area (Å²) in [6.07, 6.45) is 2.50. The van der Waals surface area contributed by atoms with Gasteiger partial charge in [-0.1, -0.05) is 11.6 Å². The molecule has 3 rings (SSSR count). The van der Waals surface area contributed by atoms with Gasteiger partial charge >= 0.3 is 0 Å². The summed E-state index contributed by atoms with van der Waals surface area (Å²) in [5.41, 5.74) is 1.48. The fourth-order valence-corrected chi connectivity index (χ4v) is 3.91. The van der Waals surface area contributed by atoms with Crippen molar-refractivity contribution in [3.05, 3.63) is 38.5 Å². The number of rotatable bonds is 2. The maximum Gasteiger partial charge on any atom is 0.257 e. The van der Waals surface area contributed by atoms with Crippen molar-refractivity contribution in [2.24, 2.45) is 0 Å². The zero-order valence-electron chi connectivity index (χ0n) is 12.6. The van der Waals surface area contributed by atoms with E-state index in [1.165, 1.54) is 0 Å². The van der Waals surface area contributed by atoms with E-state index in [1.54, 1.807) is 23.6 Å². The minimum Gasteiger partial charge on any atom is -0.346 e. The van der Waals surface area contributed by atoms with E-state index in [2.05, 4.69) is 36.2 Å². The number of halogens is 2. The maximum atomic E-state index is 12.7. The molecule has 5 nitrogen and oxygen atoms in total. The van der Waals surface area contributed by atoms with Crippen molar-refractivity contribution in [2.45, 2.75) is 13.3 Å². The van der Waals surface area contributed by atoms with Crippen molar-refractivity contribution in [3.8, 4) is 0 Å². The fourth-order valence-electron chi connectivity index (χ4n) is 2.54. The number of anilines is 1. The van der Waals surface area contributed by atoms with Crippen LogP contribution in [0.25, 0.3) is 0 Å². The SMILES string of the molecule is Cc1csc(N2CCCN(C(=O)c3cc(Br)cnc3Cl)CC2)n1. The summed E-state index contributed by atoms with van der Waals surface area (Å²) in [6, 6.07) is 1.73. The number of hydrogen-bond acceptors (Lipinski definition) is 5. The molecule has 122 valence electrons. The highest BCUT2D eigenvalue weighted by Gasteiger charge is 2.23. The average molecular weight is 416 g/mol. The summed E-state index contributed by atoms with van der Waals surface area (Å²) in [4.78, 5) is 25.4. The highest BCUT2D eigenvalue weighted by Crippen LogP contribution is 2.23. The molecule has 3 heterocycles. The van der Waals surface area contributed by atoms with E-state index >= 15 is 0 Å². The van der Waals surface area contributed by atoms with E-state index in [1.807, 2.05) is 11.8 Å². The largest absolute Gasteiger partial charge is 0.346 e. The minimum atomic E-state index is -0.0685. The summed E-state index contributed by atoms with van der Waals surface area (Å²) in [5, 5.41) is 3.32. The van der Waals surface area contributed by atoms with Crippen LogP contribution in [0, 0.1) is 6.92 Å². The van der Waals surface area contributed by atoms with Gasteiger partial charge in [-0.3, -0.25) is 4.79 Å². The van der Waals surface area contributed by atoms with Crippen LogP contribution in [0.2, 0.25) is 5.15 Å². The summed E-state index contributed by atoms with van der Waals surface area (Å²) < 4.78 is 0.750.